The Hall–Kier alpha value is -4.99. The molecule has 2 aromatic carbocycles. The number of carbonyl (C=O) groups is 1. The van der Waals surface area contributed by atoms with Gasteiger partial charge in [0.2, 0.25) is 5.95 Å². The van der Waals surface area contributed by atoms with Crippen molar-refractivity contribution in [3.8, 4) is 28.3 Å². The summed E-state index contributed by atoms with van der Waals surface area (Å²) in [6, 6.07) is 16.3. The number of aryl methyl sites for hydroxylation is 1. The molecule has 0 radical (unpaired) electrons. The molecule has 0 unspecified atom stereocenters. The van der Waals surface area contributed by atoms with Crippen molar-refractivity contribution in [1.82, 2.24) is 29.8 Å². The number of rotatable bonds is 7. The van der Waals surface area contributed by atoms with E-state index in [-0.39, 0.29) is 17.6 Å². The van der Waals surface area contributed by atoms with Crippen molar-refractivity contribution in [1.29, 1.82) is 0 Å². The van der Waals surface area contributed by atoms with E-state index in [2.05, 4.69) is 30.6 Å². The van der Waals surface area contributed by atoms with Crippen LogP contribution in [0.15, 0.2) is 71.8 Å². The van der Waals surface area contributed by atoms with Crippen LogP contribution in [0.1, 0.15) is 31.1 Å². The van der Waals surface area contributed by atoms with Crippen molar-refractivity contribution in [3.05, 3.63) is 88.6 Å². The number of anilines is 1. The number of methoxy groups -OCH3 is 1. The lowest BCUT2D eigenvalue weighted by Gasteiger charge is -2.20. The molecule has 198 valence electrons. The third-order valence-corrected chi connectivity index (χ3v) is 6.53. The van der Waals surface area contributed by atoms with Gasteiger partial charge in [-0.1, -0.05) is 12.1 Å². The summed E-state index contributed by atoms with van der Waals surface area (Å²) >= 11 is 0. The summed E-state index contributed by atoms with van der Waals surface area (Å²) in [5.74, 6) is 1.53. The normalized spacial score (nSPS) is 11.8. The van der Waals surface area contributed by atoms with Gasteiger partial charge in [-0.15, -0.1) is 0 Å². The molecule has 0 aliphatic heterocycles. The van der Waals surface area contributed by atoms with E-state index in [0.717, 1.165) is 28.1 Å². The molecule has 0 aliphatic rings. The first-order chi connectivity index (χ1) is 18.9. The Morgan fingerprint density at radius 1 is 1.08 bits per heavy atom. The first-order valence-electron chi connectivity index (χ1n) is 12.6. The molecule has 3 heterocycles. The van der Waals surface area contributed by atoms with Crippen LogP contribution in [0.25, 0.3) is 33.5 Å². The molecular formula is C29H29N7O3. The predicted octanol–water partition coefficient (Wildman–Crippen LogP) is 4.92. The maximum Gasteiger partial charge on any atom is 0.321 e. The second-order valence-electron chi connectivity index (χ2n) is 9.11. The average Bonchev–Trinajstić information content (AvgIpc) is 3.34. The van der Waals surface area contributed by atoms with E-state index in [1.807, 2.05) is 63.2 Å². The standard InChI is InChI=1S/C29H29N7O3/c1-5-30-29(38)35-28-33-24-15-21(14-23(26(24)34-28)27-31-10-7-11-32-27)20-12-17(2)36(25(37)16-20)18(3)19-8-6-9-22(13-19)39-4/h6-16,18H,5H2,1-4H3,(H3,30,33,34,35,38)/t18-/m0/s1. The molecule has 5 rings (SSSR count). The van der Waals surface area contributed by atoms with Gasteiger partial charge in [0, 0.05) is 36.3 Å². The van der Waals surface area contributed by atoms with Crippen molar-refractivity contribution in [3.63, 3.8) is 0 Å². The monoisotopic (exact) mass is 523 g/mol. The van der Waals surface area contributed by atoms with E-state index < -0.39 is 0 Å². The van der Waals surface area contributed by atoms with E-state index in [0.29, 0.717) is 34.9 Å². The van der Waals surface area contributed by atoms with Gasteiger partial charge in [0.25, 0.3) is 5.56 Å². The lowest BCUT2D eigenvalue weighted by atomic mass is 10.0. The molecule has 39 heavy (non-hydrogen) atoms. The van der Waals surface area contributed by atoms with Gasteiger partial charge in [0.05, 0.1) is 24.2 Å². The number of urea groups is 1. The number of nitrogens with zero attached hydrogens (tertiary/aromatic N) is 4. The first kappa shape index (κ1) is 25.7. The molecule has 10 nitrogen and oxygen atoms in total. The summed E-state index contributed by atoms with van der Waals surface area (Å²) < 4.78 is 7.13. The Morgan fingerprint density at radius 3 is 2.56 bits per heavy atom. The van der Waals surface area contributed by atoms with Crippen LogP contribution < -0.4 is 20.9 Å². The maximum atomic E-state index is 13.4. The quantitative estimate of drug-likeness (QED) is 0.278. The highest BCUT2D eigenvalue weighted by Gasteiger charge is 2.18. The van der Waals surface area contributed by atoms with Crippen LogP contribution in [-0.4, -0.2) is 44.2 Å². The summed E-state index contributed by atoms with van der Waals surface area (Å²) in [6.45, 7) is 6.24. The van der Waals surface area contributed by atoms with Crippen LogP contribution in [0, 0.1) is 6.92 Å². The SMILES string of the molecule is CCNC(=O)Nc1nc2cc(-c3cc(C)n([C@@H](C)c4cccc(OC)c4)c(=O)c3)cc(-c3ncccn3)c2[nH]1. The number of nitrogens with one attached hydrogen (secondary N) is 3. The third-order valence-electron chi connectivity index (χ3n) is 6.53. The van der Waals surface area contributed by atoms with Crippen molar-refractivity contribution in [2.45, 2.75) is 26.8 Å². The molecule has 1 atom stereocenters. The number of imidazole rings is 1. The van der Waals surface area contributed by atoms with Crippen molar-refractivity contribution in [2.24, 2.45) is 0 Å². The number of fused-ring (bicyclic) bond motifs is 1. The lowest BCUT2D eigenvalue weighted by molar-refractivity contribution is 0.252. The number of hydrogen-bond donors (Lipinski definition) is 3. The summed E-state index contributed by atoms with van der Waals surface area (Å²) in [5.41, 5.74) is 5.16. The fourth-order valence-corrected chi connectivity index (χ4v) is 4.69. The maximum absolute atomic E-state index is 13.4. The van der Waals surface area contributed by atoms with Gasteiger partial charge >= 0.3 is 6.03 Å². The van der Waals surface area contributed by atoms with Crippen LogP contribution in [0.2, 0.25) is 0 Å². The summed E-state index contributed by atoms with van der Waals surface area (Å²) in [4.78, 5) is 42.1. The molecule has 10 heteroatoms. The molecule has 0 aliphatic carbocycles. The number of amides is 2. The number of pyridine rings is 1. The first-order valence-corrected chi connectivity index (χ1v) is 12.6. The predicted molar refractivity (Wildman–Crippen MR) is 151 cm³/mol. The fraction of sp³-hybridized carbons (Fsp3) is 0.207. The van der Waals surface area contributed by atoms with E-state index >= 15 is 0 Å². The molecule has 0 fully saturated rings. The van der Waals surface area contributed by atoms with E-state index in [9.17, 15) is 9.59 Å². The molecule has 0 spiro atoms. The second-order valence-corrected chi connectivity index (χ2v) is 9.11. The highest BCUT2D eigenvalue weighted by atomic mass is 16.5. The van der Waals surface area contributed by atoms with Gasteiger partial charge in [0.1, 0.15) is 5.75 Å². The van der Waals surface area contributed by atoms with Crippen LogP contribution in [0.4, 0.5) is 10.7 Å². The van der Waals surface area contributed by atoms with E-state index in [4.69, 9.17) is 4.74 Å². The van der Waals surface area contributed by atoms with E-state index in [1.165, 1.54) is 0 Å². The van der Waals surface area contributed by atoms with Crippen LogP contribution >= 0.6 is 0 Å². The Bertz CT molecular complexity index is 1710. The minimum absolute atomic E-state index is 0.126. The van der Waals surface area contributed by atoms with Gasteiger partial charge in [-0.05, 0) is 73.9 Å². The Kier molecular flexibility index (Phi) is 7.09. The molecule has 3 aromatic heterocycles. The zero-order valence-electron chi connectivity index (χ0n) is 22.1. The minimum atomic E-state index is -0.362. The molecule has 0 bridgehead atoms. The van der Waals surface area contributed by atoms with Gasteiger partial charge in [-0.3, -0.25) is 10.1 Å². The molecular weight excluding hydrogens is 494 g/mol. The van der Waals surface area contributed by atoms with Crippen molar-refractivity contribution < 1.29 is 9.53 Å². The lowest BCUT2D eigenvalue weighted by Crippen LogP contribution is -2.28. The van der Waals surface area contributed by atoms with Gasteiger partial charge in [0.15, 0.2) is 5.82 Å². The number of H-pyrrole nitrogens is 1. The summed E-state index contributed by atoms with van der Waals surface area (Å²) in [5, 5.41) is 5.40. The molecule has 3 N–H and O–H groups in total. The van der Waals surface area contributed by atoms with E-state index in [1.54, 1.807) is 36.2 Å². The highest BCUT2D eigenvalue weighted by Crippen LogP contribution is 2.33. The molecule has 2 amide bonds. The molecule has 0 saturated heterocycles. The number of hydrogen-bond acceptors (Lipinski definition) is 6. The summed E-state index contributed by atoms with van der Waals surface area (Å²) in [7, 11) is 1.62. The zero-order chi connectivity index (χ0) is 27.5. The largest absolute Gasteiger partial charge is 0.497 e. The van der Waals surface area contributed by atoms with Crippen LogP contribution in [0.5, 0.6) is 5.75 Å². The minimum Gasteiger partial charge on any atom is -0.497 e. The number of ether oxygens (including phenoxy) is 1. The Balaban J connectivity index is 1.60. The third kappa shape index (κ3) is 5.22. The molecule has 0 saturated carbocycles. The number of aromatic amines is 1. The zero-order valence-corrected chi connectivity index (χ0v) is 22.1. The Labute approximate surface area is 225 Å². The number of carbonyl (C=O) groups excluding carboxylic acids is 1. The highest BCUT2D eigenvalue weighted by molar-refractivity contribution is 5.97. The number of benzene rings is 2. The van der Waals surface area contributed by atoms with Crippen LogP contribution in [-0.2, 0) is 0 Å². The summed E-state index contributed by atoms with van der Waals surface area (Å²) in [6.07, 6.45) is 3.33. The van der Waals surface area contributed by atoms with Gasteiger partial charge in [-0.2, -0.15) is 0 Å². The molecule has 5 aromatic rings. The van der Waals surface area contributed by atoms with Crippen molar-refractivity contribution in [2.75, 3.05) is 19.0 Å². The average molecular weight is 524 g/mol. The van der Waals surface area contributed by atoms with Crippen molar-refractivity contribution >= 4 is 23.0 Å². The van der Waals surface area contributed by atoms with Gasteiger partial charge in [-0.25, -0.2) is 19.7 Å². The van der Waals surface area contributed by atoms with Gasteiger partial charge < -0.3 is 19.6 Å². The van der Waals surface area contributed by atoms with Crippen LogP contribution in [0.3, 0.4) is 0 Å². The smallest absolute Gasteiger partial charge is 0.321 e. The second kappa shape index (κ2) is 10.8. The Morgan fingerprint density at radius 2 is 1.85 bits per heavy atom. The number of aromatic nitrogens is 5. The topological polar surface area (TPSA) is 127 Å². The fourth-order valence-electron chi connectivity index (χ4n) is 4.69.